The number of piperidine rings is 1. The van der Waals surface area contributed by atoms with Crippen LogP contribution in [0.2, 0.25) is 0 Å². The van der Waals surface area contributed by atoms with Crippen molar-refractivity contribution < 1.29 is 9.59 Å². The highest BCUT2D eigenvalue weighted by atomic mass is 16.2. The second kappa shape index (κ2) is 9.90. The van der Waals surface area contributed by atoms with Crippen molar-refractivity contribution in [1.29, 1.82) is 0 Å². The highest BCUT2D eigenvalue weighted by molar-refractivity contribution is 6.00. The lowest BCUT2D eigenvalue weighted by atomic mass is 9.93. The average molecular weight is 380 g/mol. The number of benzene rings is 2. The molecule has 0 atom stereocenters. The van der Waals surface area contributed by atoms with Gasteiger partial charge >= 0.3 is 6.03 Å². The zero-order chi connectivity index (χ0) is 19.8. The maximum absolute atomic E-state index is 12.7. The SMILES string of the molecule is CNCCC1CCN(C(=O)c2ccc(NC(=O)Nc3ccccc3)cc2)CC1. The number of rotatable bonds is 6. The Bertz CT molecular complexity index is 769. The molecule has 1 aliphatic heterocycles. The maximum atomic E-state index is 12.7. The largest absolute Gasteiger partial charge is 0.339 e. The number of amides is 3. The summed E-state index contributed by atoms with van der Waals surface area (Å²) in [6.07, 6.45) is 3.30. The third-order valence-corrected chi connectivity index (χ3v) is 5.13. The molecule has 2 aromatic rings. The number of hydrogen-bond donors (Lipinski definition) is 3. The van der Waals surface area contributed by atoms with E-state index in [4.69, 9.17) is 0 Å². The monoisotopic (exact) mass is 380 g/mol. The summed E-state index contributed by atoms with van der Waals surface area (Å²) in [6.45, 7) is 2.66. The van der Waals surface area contributed by atoms with Crippen LogP contribution < -0.4 is 16.0 Å². The number of likely N-dealkylation sites (tertiary alicyclic amines) is 1. The van der Waals surface area contributed by atoms with E-state index in [1.54, 1.807) is 24.3 Å². The zero-order valence-corrected chi connectivity index (χ0v) is 16.3. The van der Waals surface area contributed by atoms with E-state index in [1.165, 1.54) is 6.42 Å². The number of para-hydroxylation sites is 1. The Hall–Kier alpha value is -2.86. The number of carbonyl (C=O) groups excluding carboxylic acids is 2. The first kappa shape index (κ1) is 19.9. The molecule has 1 saturated heterocycles. The first-order valence-electron chi connectivity index (χ1n) is 9.82. The number of anilines is 2. The second-order valence-corrected chi connectivity index (χ2v) is 7.15. The Morgan fingerprint density at radius 1 is 0.929 bits per heavy atom. The van der Waals surface area contributed by atoms with Gasteiger partial charge in [0.1, 0.15) is 0 Å². The fourth-order valence-electron chi connectivity index (χ4n) is 3.47. The maximum Gasteiger partial charge on any atom is 0.323 e. The first-order valence-corrected chi connectivity index (χ1v) is 9.82. The summed E-state index contributed by atoms with van der Waals surface area (Å²) in [5.41, 5.74) is 2.03. The van der Waals surface area contributed by atoms with Crippen molar-refractivity contribution in [2.45, 2.75) is 19.3 Å². The van der Waals surface area contributed by atoms with Crippen molar-refractivity contribution in [3.05, 3.63) is 60.2 Å². The summed E-state index contributed by atoms with van der Waals surface area (Å²) in [5.74, 6) is 0.763. The van der Waals surface area contributed by atoms with Crippen molar-refractivity contribution in [2.24, 2.45) is 5.92 Å². The lowest BCUT2D eigenvalue weighted by Crippen LogP contribution is -2.38. The number of urea groups is 1. The molecule has 0 radical (unpaired) electrons. The van der Waals surface area contributed by atoms with Gasteiger partial charge in [-0.2, -0.15) is 0 Å². The van der Waals surface area contributed by atoms with E-state index in [-0.39, 0.29) is 11.9 Å². The van der Waals surface area contributed by atoms with E-state index in [0.717, 1.165) is 38.2 Å². The van der Waals surface area contributed by atoms with Crippen molar-refractivity contribution in [1.82, 2.24) is 10.2 Å². The van der Waals surface area contributed by atoms with Crippen LogP contribution in [0.3, 0.4) is 0 Å². The van der Waals surface area contributed by atoms with Crippen LogP contribution in [0.5, 0.6) is 0 Å². The topological polar surface area (TPSA) is 73.5 Å². The highest BCUT2D eigenvalue weighted by Gasteiger charge is 2.23. The predicted molar refractivity (Wildman–Crippen MR) is 113 cm³/mol. The van der Waals surface area contributed by atoms with Gasteiger partial charge < -0.3 is 20.9 Å². The number of nitrogens with zero attached hydrogens (tertiary/aromatic N) is 1. The van der Waals surface area contributed by atoms with Crippen LogP contribution in [0.15, 0.2) is 54.6 Å². The molecular weight excluding hydrogens is 352 g/mol. The van der Waals surface area contributed by atoms with Gasteiger partial charge in [-0.05, 0) is 75.2 Å². The van der Waals surface area contributed by atoms with Crippen LogP contribution >= 0.6 is 0 Å². The second-order valence-electron chi connectivity index (χ2n) is 7.15. The number of nitrogens with one attached hydrogen (secondary N) is 3. The van der Waals surface area contributed by atoms with Crippen LogP contribution in [0.25, 0.3) is 0 Å². The smallest absolute Gasteiger partial charge is 0.323 e. The third-order valence-electron chi connectivity index (χ3n) is 5.13. The van der Waals surface area contributed by atoms with Gasteiger partial charge in [-0.3, -0.25) is 4.79 Å². The molecule has 3 rings (SSSR count). The molecule has 1 fully saturated rings. The Morgan fingerprint density at radius 3 is 2.14 bits per heavy atom. The van der Waals surface area contributed by atoms with Crippen molar-refractivity contribution in [3.8, 4) is 0 Å². The lowest BCUT2D eigenvalue weighted by molar-refractivity contribution is 0.0687. The first-order chi connectivity index (χ1) is 13.7. The van der Waals surface area contributed by atoms with Gasteiger partial charge in [0.15, 0.2) is 0 Å². The summed E-state index contributed by atoms with van der Waals surface area (Å²) in [7, 11) is 1.97. The van der Waals surface area contributed by atoms with Gasteiger partial charge in [0.05, 0.1) is 0 Å². The minimum atomic E-state index is -0.311. The molecular formula is C22H28N4O2. The van der Waals surface area contributed by atoms with Crippen LogP contribution in [-0.4, -0.2) is 43.5 Å². The third kappa shape index (κ3) is 5.57. The summed E-state index contributed by atoms with van der Waals surface area (Å²) >= 11 is 0. The Labute approximate surface area is 166 Å². The van der Waals surface area contributed by atoms with E-state index in [0.29, 0.717) is 17.2 Å². The van der Waals surface area contributed by atoms with Crippen LogP contribution in [0.1, 0.15) is 29.6 Å². The van der Waals surface area contributed by atoms with E-state index in [2.05, 4.69) is 16.0 Å². The van der Waals surface area contributed by atoms with Gasteiger partial charge in [0.2, 0.25) is 0 Å². The molecule has 148 valence electrons. The Balaban J connectivity index is 1.50. The average Bonchev–Trinajstić information content (AvgIpc) is 2.73. The van der Waals surface area contributed by atoms with Crippen LogP contribution in [0.4, 0.5) is 16.2 Å². The van der Waals surface area contributed by atoms with Crippen molar-refractivity contribution in [3.63, 3.8) is 0 Å². The van der Waals surface area contributed by atoms with Crippen molar-refractivity contribution >= 4 is 23.3 Å². The van der Waals surface area contributed by atoms with E-state index >= 15 is 0 Å². The number of carbonyl (C=O) groups is 2. The van der Waals surface area contributed by atoms with Gasteiger partial charge in [0.25, 0.3) is 5.91 Å². The summed E-state index contributed by atoms with van der Waals surface area (Å²) < 4.78 is 0. The fraction of sp³-hybridized carbons (Fsp3) is 0.364. The molecule has 3 N–H and O–H groups in total. The van der Waals surface area contributed by atoms with Gasteiger partial charge in [-0.15, -0.1) is 0 Å². The molecule has 1 aliphatic rings. The predicted octanol–water partition coefficient (Wildman–Crippen LogP) is 3.79. The molecule has 0 bridgehead atoms. The summed E-state index contributed by atoms with van der Waals surface area (Å²) in [6, 6.07) is 16.0. The molecule has 0 aromatic heterocycles. The summed E-state index contributed by atoms with van der Waals surface area (Å²) in [4.78, 5) is 26.7. The van der Waals surface area contributed by atoms with E-state index in [1.807, 2.05) is 42.3 Å². The molecule has 28 heavy (non-hydrogen) atoms. The van der Waals surface area contributed by atoms with Gasteiger partial charge in [-0.1, -0.05) is 18.2 Å². The van der Waals surface area contributed by atoms with E-state index in [9.17, 15) is 9.59 Å². The lowest BCUT2D eigenvalue weighted by Gasteiger charge is -2.32. The zero-order valence-electron chi connectivity index (χ0n) is 16.3. The Kier molecular flexibility index (Phi) is 7.03. The quantitative estimate of drug-likeness (QED) is 0.714. The highest BCUT2D eigenvalue weighted by Crippen LogP contribution is 2.22. The molecule has 6 nitrogen and oxygen atoms in total. The van der Waals surface area contributed by atoms with Crippen LogP contribution in [0, 0.1) is 5.92 Å². The minimum Gasteiger partial charge on any atom is -0.339 e. The number of hydrogen-bond acceptors (Lipinski definition) is 3. The van der Waals surface area contributed by atoms with Crippen molar-refractivity contribution in [2.75, 3.05) is 37.3 Å². The van der Waals surface area contributed by atoms with Gasteiger partial charge in [-0.25, -0.2) is 4.79 Å². The molecule has 6 heteroatoms. The molecule has 0 saturated carbocycles. The Morgan fingerprint density at radius 2 is 1.54 bits per heavy atom. The standard InChI is InChI=1S/C22H28N4O2/c1-23-14-11-17-12-15-26(16-13-17)21(27)18-7-9-20(10-8-18)25-22(28)24-19-5-3-2-4-6-19/h2-10,17,23H,11-16H2,1H3,(H2,24,25,28). The molecule has 0 spiro atoms. The molecule has 0 unspecified atom stereocenters. The molecule has 2 aromatic carbocycles. The molecule has 3 amide bonds. The normalized spacial score (nSPS) is 14.5. The molecule has 0 aliphatic carbocycles. The minimum absolute atomic E-state index is 0.0624. The van der Waals surface area contributed by atoms with Gasteiger partial charge in [0, 0.05) is 30.0 Å². The fourth-order valence-corrected chi connectivity index (χ4v) is 3.47. The van der Waals surface area contributed by atoms with Crippen LogP contribution in [-0.2, 0) is 0 Å². The molecule has 1 heterocycles. The summed E-state index contributed by atoms with van der Waals surface area (Å²) in [5, 5.41) is 8.74. The van der Waals surface area contributed by atoms with E-state index < -0.39 is 0 Å².